The molecule has 0 aliphatic rings. The Balaban J connectivity index is 2.45. The standard InChI is InChI=1S/C5H12NS/c1-2-3-6-4-5-7/h6H,2-5H2,1H3. The van der Waals surface area contributed by atoms with Crippen molar-refractivity contribution < 1.29 is 0 Å². The van der Waals surface area contributed by atoms with Gasteiger partial charge in [-0.2, -0.15) is 0 Å². The van der Waals surface area contributed by atoms with Crippen molar-refractivity contribution in [2.24, 2.45) is 0 Å². The number of rotatable bonds is 4. The molecule has 0 aromatic carbocycles. The summed E-state index contributed by atoms with van der Waals surface area (Å²) in [5.41, 5.74) is 0. The number of nitrogens with one attached hydrogen (secondary N) is 1. The molecule has 1 radical (unpaired) electrons. The Morgan fingerprint density at radius 3 is 2.57 bits per heavy atom. The van der Waals surface area contributed by atoms with Crippen molar-refractivity contribution in [2.45, 2.75) is 13.3 Å². The van der Waals surface area contributed by atoms with Gasteiger partial charge >= 0.3 is 0 Å². The van der Waals surface area contributed by atoms with Crippen LogP contribution >= 0.6 is 12.6 Å². The van der Waals surface area contributed by atoms with E-state index >= 15 is 0 Å². The molecular formula is C5H12NS. The van der Waals surface area contributed by atoms with Crippen LogP contribution < -0.4 is 5.32 Å². The van der Waals surface area contributed by atoms with Gasteiger partial charge in [-0.1, -0.05) is 19.6 Å². The van der Waals surface area contributed by atoms with Crippen molar-refractivity contribution in [2.75, 3.05) is 18.8 Å². The summed E-state index contributed by atoms with van der Waals surface area (Å²) in [7, 11) is 0. The molecule has 0 bridgehead atoms. The van der Waals surface area contributed by atoms with E-state index in [-0.39, 0.29) is 0 Å². The average molecular weight is 118 g/mol. The van der Waals surface area contributed by atoms with E-state index < -0.39 is 0 Å². The molecule has 0 aromatic heterocycles. The predicted octanol–water partition coefficient (Wildman–Crippen LogP) is 1.18. The highest BCUT2D eigenvalue weighted by Crippen LogP contribution is 1.70. The monoisotopic (exact) mass is 118 g/mol. The molecule has 0 saturated carbocycles. The van der Waals surface area contributed by atoms with E-state index in [0.29, 0.717) is 0 Å². The van der Waals surface area contributed by atoms with Gasteiger partial charge in [-0.05, 0) is 13.0 Å². The minimum absolute atomic E-state index is 0.833. The van der Waals surface area contributed by atoms with Crippen molar-refractivity contribution in [3.63, 3.8) is 0 Å². The van der Waals surface area contributed by atoms with Crippen LogP contribution in [0.15, 0.2) is 0 Å². The zero-order chi connectivity index (χ0) is 5.54. The first-order valence-electron chi connectivity index (χ1n) is 2.70. The van der Waals surface area contributed by atoms with Gasteiger partial charge in [0.25, 0.3) is 0 Å². The van der Waals surface area contributed by atoms with Crippen molar-refractivity contribution in [3.05, 3.63) is 0 Å². The van der Waals surface area contributed by atoms with Gasteiger partial charge in [0.05, 0.1) is 0 Å². The first-order chi connectivity index (χ1) is 3.41. The Labute approximate surface area is 50.9 Å². The van der Waals surface area contributed by atoms with E-state index in [2.05, 4.69) is 12.2 Å². The third-order valence-electron chi connectivity index (χ3n) is 0.706. The minimum Gasteiger partial charge on any atom is -0.316 e. The fraction of sp³-hybridized carbons (Fsp3) is 1.00. The molecule has 1 nitrogen and oxygen atoms in total. The van der Waals surface area contributed by atoms with E-state index in [1.165, 1.54) is 6.42 Å². The van der Waals surface area contributed by atoms with Gasteiger partial charge in [0, 0.05) is 12.3 Å². The van der Waals surface area contributed by atoms with E-state index in [1.54, 1.807) is 0 Å². The third-order valence-corrected chi connectivity index (χ3v) is 0.910. The maximum atomic E-state index is 4.70. The lowest BCUT2D eigenvalue weighted by molar-refractivity contribution is 0.708. The number of hydrogen-bond donors (Lipinski definition) is 1. The van der Waals surface area contributed by atoms with Gasteiger partial charge in [0.1, 0.15) is 0 Å². The summed E-state index contributed by atoms with van der Waals surface area (Å²) >= 11 is 4.70. The summed E-state index contributed by atoms with van der Waals surface area (Å²) < 4.78 is 0. The van der Waals surface area contributed by atoms with Crippen LogP contribution in [0.2, 0.25) is 0 Å². The van der Waals surface area contributed by atoms with Crippen LogP contribution in [0, 0.1) is 0 Å². The normalized spacial score (nSPS) is 9.43. The van der Waals surface area contributed by atoms with Crippen LogP contribution in [0.5, 0.6) is 0 Å². The molecule has 43 valence electrons. The summed E-state index contributed by atoms with van der Waals surface area (Å²) in [5, 5.41) is 3.18. The molecule has 0 amide bonds. The van der Waals surface area contributed by atoms with Crippen LogP contribution in [0.25, 0.3) is 0 Å². The molecule has 7 heavy (non-hydrogen) atoms. The Bertz CT molecular complexity index is 27.3. The largest absolute Gasteiger partial charge is 0.316 e. The van der Waals surface area contributed by atoms with E-state index in [1.807, 2.05) is 0 Å². The van der Waals surface area contributed by atoms with Crippen LogP contribution in [0.4, 0.5) is 0 Å². The molecule has 0 saturated heterocycles. The van der Waals surface area contributed by atoms with E-state index in [4.69, 9.17) is 12.6 Å². The van der Waals surface area contributed by atoms with Gasteiger partial charge < -0.3 is 5.32 Å². The molecular weight excluding hydrogens is 106 g/mol. The maximum Gasteiger partial charge on any atom is 0.0162 e. The minimum atomic E-state index is 0.833. The molecule has 2 heteroatoms. The van der Waals surface area contributed by atoms with Crippen molar-refractivity contribution >= 4 is 12.6 Å². The molecule has 0 fully saturated rings. The van der Waals surface area contributed by atoms with Crippen LogP contribution in [0.3, 0.4) is 0 Å². The highest BCUT2D eigenvalue weighted by Gasteiger charge is 1.77. The molecule has 0 heterocycles. The Morgan fingerprint density at radius 2 is 2.14 bits per heavy atom. The molecule has 0 aliphatic heterocycles. The van der Waals surface area contributed by atoms with Gasteiger partial charge in [-0.15, -0.1) is 0 Å². The Kier molecular flexibility index (Phi) is 6.59. The topological polar surface area (TPSA) is 12.0 Å². The molecule has 0 aromatic rings. The first-order valence-corrected chi connectivity index (χ1v) is 3.28. The highest BCUT2D eigenvalue weighted by molar-refractivity contribution is 7.80. The second-order valence-corrected chi connectivity index (χ2v) is 1.86. The molecule has 0 rings (SSSR count). The lowest BCUT2D eigenvalue weighted by atomic mass is 10.5. The quantitative estimate of drug-likeness (QED) is 0.547. The molecule has 0 aliphatic carbocycles. The summed E-state index contributed by atoms with van der Waals surface area (Å²) in [6, 6.07) is 0. The van der Waals surface area contributed by atoms with Gasteiger partial charge in [-0.3, -0.25) is 0 Å². The first kappa shape index (κ1) is 7.31. The fourth-order valence-electron chi connectivity index (χ4n) is 0.374. The SMILES string of the molecule is CCCNCC[S]. The second kappa shape index (κ2) is 6.31. The highest BCUT2D eigenvalue weighted by atomic mass is 32.1. The zero-order valence-electron chi connectivity index (χ0n) is 4.74. The maximum absolute atomic E-state index is 4.70. The van der Waals surface area contributed by atoms with Crippen LogP contribution in [-0.4, -0.2) is 18.8 Å². The number of hydrogen-bond acceptors (Lipinski definition) is 1. The lowest BCUT2D eigenvalue weighted by Crippen LogP contribution is -2.16. The van der Waals surface area contributed by atoms with Crippen molar-refractivity contribution in [1.29, 1.82) is 0 Å². The predicted molar refractivity (Wildman–Crippen MR) is 35.6 cm³/mol. The van der Waals surface area contributed by atoms with Crippen molar-refractivity contribution in [1.82, 2.24) is 5.32 Å². The second-order valence-electron chi connectivity index (χ2n) is 1.45. The lowest BCUT2D eigenvalue weighted by Gasteiger charge is -1.94. The molecule has 1 N–H and O–H groups in total. The summed E-state index contributed by atoms with van der Waals surface area (Å²) in [4.78, 5) is 0. The fourth-order valence-corrected chi connectivity index (χ4v) is 0.518. The average Bonchev–Trinajstić information content (AvgIpc) is 1.69. The van der Waals surface area contributed by atoms with E-state index in [9.17, 15) is 0 Å². The smallest absolute Gasteiger partial charge is 0.0162 e. The summed E-state index contributed by atoms with van der Waals surface area (Å²) in [6.07, 6.45) is 1.20. The van der Waals surface area contributed by atoms with Gasteiger partial charge in [0.15, 0.2) is 0 Å². The van der Waals surface area contributed by atoms with E-state index in [0.717, 1.165) is 18.8 Å². The van der Waals surface area contributed by atoms with Crippen LogP contribution in [-0.2, 0) is 0 Å². The van der Waals surface area contributed by atoms with Crippen LogP contribution in [0.1, 0.15) is 13.3 Å². The Hall–Kier alpha value is 0.310. The third kappa shape index (κ3) is 6.31. The van der Waals surface area contributed by atoms with Gasteiger partial charge in [-0.25, -0.2) is 0 Å². The summed E-state index contributed by atoms with van der Waals surface area (Å²) in [6.45, 7) is 4.25. The Morgan fingerprint density at radius 1 is 1.43 bits per heavy atom. The summed E-state index contributed by atoms with van der Waals surface area (Å²) in [5.74, 6) is 0.833. The molecule has 0 unspecified atom stereocenters. The molecule has 0 atom stereocenters. The van der Waals surface area contributed by atoms with Crippen molar-refractivity contribution in [3.8, 4) is 0 Å². The van der Waals surface area contributed by atoms with Gasteiger partial charge in [0.2, 0.25) is 0 Å². The zero-order valence-corrected chi connectivity index (χ0v) is 5.55. The molecule has 0 spiro atoms.